The van der Waals surface area contributed by atoms with Crippen LogP contribution in [0.25, 0.3) is 0 Å². The molecule has 0 aromatic heterocycles. The number of nitrogens with two attached hydrogens (primary N) is 1. The molecule has 110 valence electrons. The summed E-state index contributed by atoms with van der Waals surface area (Å²) in [7, 11) is 0. The third-order valence-corrected chi connectivity index (χ3v) is 4.79. The number of benzene rings is 2. The number of hydrogen-bond acceptors (Lipinski definition) is 2. The van der Waals surface area contributed by atoms with E-state index >= 15 is 0 Å². The largest absolute Gasteiger partial charge is 0.398 e. The maximum atomic E-state index is 12.5. The predicted octanol–water partition coefficient (Wildman–Crippen LogP) is 5.43. The van der Waals surface area contributed by atoms with E-state index in [0.29, 0.717) is 16.9 Å². The van der Waals surface area contributed by atoms with E-state index in [-0.39, 0.29) is 5.91 Å². The molecular formula is C15H13Br3N2O. The van der Waals surface area contributed by atoms with Gasteiger partial charge in [-0.3, -0.25) is 4.79 Å². The zero-order valence-corrected chi connectivity index (χ0v) is 16.2. The minimum Gasteiger partial charge on any atom is -0.398 e. The van der Waals surface area contributed by atoms with Gasteiger partial charge in [-0.25, -0.2) is 0 Å². The minimum absolute atomic E-state index is 0.203. The molecule has 0 bridgehead atoms. The number of nitrogen functional groups attached to an aromatic ring is 1. The summed E-state index contributed by atoms with van der Waals surface area (Å²) in [5, 5.41) is 2.91. The van der Waals surface area contributed by atoms with Gasteiger partial charge in [-0.05, 0) is 81.1 Å². The highest BCUT2D eigenvalue weighted by Crippen LogP contribution is 2.33. The van der Waals surface area contributed by atoms with Crippen molar-refractivity contribution >= 4 is 65.1 Å². The van der Waals surface area contributed by atoms with E-state index in [1.54, 1.807) is 12.1 Å². The van der Waals surface area contributed by atoms with Crippen LogP contribution in [0, 0.1) is 13.8 Å². The number of anilines is 2. The van der Waals surface area contributed by atoms with E-state index in [4.69, 9.17) is 5.73 Å². The van der Waals surface area contributed by atoms with Crippen molar-refractivity contribution in [2.75, 3.05) is 11.1 Å². The molecule has 2 aromatic carbocycles. The van der Waals surface area contributed by atoms with Gasteiger partial charge in [0.15, 0.2) is 0 Å². The summed E-state index contributed by atoms with van der Waals surface area (Å²) in [6.07, 6.45) is 0. The van der Waals surface area contributed by atoms with Gasteiger partial charge < -0.3 is 11.1 Å². The molecule has 0 saturated carbocycles. The Morgan fingerprint density at radius 3 is 2.19 bits per heavy atom. The van der Waals surface area contributed by atoms with Gasteiger partial charge in [0.1, 0.15) is 0 Å². The average Bonchev–Trinajstić information content (AvgIpc) is 2.37. The maximum absolute atomic E-state index is 12.5. The highest BCUT2D eigenvalue weighted by atomic mass is 79.9. The number of nitrogens with one attached hydrogen (secondary N) is 1. The molecule has 0 aliphatic heterocycles. The lowest BCUT2D eigenvalue weighted by Crippen LogP contribution is -2.15. The second kappa shape index (κ2) is 6.50. The summed E-state index contributed by atoms with van der Waals surface area (Å²) in [4.78, 5) is 12.5. The smallest absolute Gasteiger partial charge is 0.256 e. The first-order valence-electron chi connectivity index (χ1n) is 6.12. The number of halogens is 3. The summed E-state index contributed by atoms with van der Waals surface area (Å²) in [5.74, 6) is -0.203. The Labute approximate surface area is 148 Å². The molecule has 3 nitrogen and oxygen atoms in total. The van der Waals surface area contributed by atoms with E-state index in [1.165, 1.54) is 0 Å². The lowest BCUT2D eigenvalue weighted by molar-refractivity contribution is 0.102. The first kappa shape index (κ1) is 16.5. The van der Waals surface area contributed by atoms with Crippen LogP contribution in [-0.4, -0.2) is 5.91 Å². The van der Waals surface area contributed by atoms with Crippen molar-refractivity contribution in [1.82, 2.24) is 0 Å². The molecule has 21 heavy (non-hydrogen) atoms. The standard InChI is InChI=1S/C15H13Br3N2O/c1-7-3-11(17)14(12(18)4-7)20-15(21)10-5-9(16)6-13(19)8(10)2/h3-6H,19H2,1-2H3,(H,20,21). The van der Waals surface area contributed by atoms with Crippen molar-refractivity contribution in [2.24, 2.45) is 0 Å². The molecule has 0 radical (unpaired) electrons. The van der Waals surface area contributed by atoms with E-state index in [2.05, 4.69) is 53.1 Å². The molecule has 0 spiro atoms. The number of rotatable bonds is 2. The van der Waals surface area contributed by atoms with Crippen LogP contribution in [0.5, 0.6) is 0 Å². The van der Waals surface area contributed by atoms with Crippen molar-refractivity contribution in [2.45, 2.75) is 13.8 Å². The molecule has 0 aliphatic carbocycles. The van der Waals surface area contributed by atoms with Crippen LogP contribution in [0.3, 0.4) is 0 Å². The highest BCUT2D eigenvalue weighted by Gasteiger charge is 2.15. The summed E-state index contributed by atoms with van der Waals surface area (Å²) in [5.41, 5.74) is 9.58. The van der Waals surface area contributed by atoms with Crippen LogP contribution in [0.1, 0.15) is 21.5 Å². The summed E-state index contributed by atoms with van der Waals surface area (Å²) in [6, 6.07) is 7.44. The molecule has 2 aromatic rings. The van der Waals surface area contributed by atoms with Crippen molar-refractivity contribution in [3.05, 3.63) is 54.4 Å². The molecule has 0 atom stereocenters. The summed E-state index contributed by atoms with van der Waals surface area (Å²) in [6.45, 7) is 3.82. The Bertz CT molecular complexity index is 706. The van der Waals surface area contributed by atoms with Crippen LogP contribution in [0.4, 0.5) is 11.4 Å². The molecule has 0 unspecified atom stereocenters. The second-order valence-corrected chi connectivity index (χ2v) is 7.35. The highest BCUT2D eigenvalue weighted by molar-refractivity contribution is 9.11. The quantitative estimate of drug-likeness (QED) is 0.568. The van der Waals surface area contributed by atoms with Crippen LogP contribution in [0.15, 0.2) is 37.7 Å². The Balaban J connectivity index is 2.40. The van der Waals surface area contributed by atoms with Crippen molar-refractivity contribution in [3.63, 3.8) is 0 Å². The second-order valence-electron chi connectivity index (χ2n) is 4.73. The number of amides is 1. The Morgan fingerprint density at radius 2 is 1.62 bits per heavy atom. The summed E-state index contributed by atoms with van der Waals surface area (Å²) < 4.78 is 2.42. The van der Waals surface area contributed by atoms with Crippen LogP contribution < -0.4 is 11.1 Å². The third kappa shape index (κ3) is 3.67. The van der Waals surface area contributed by atoms with E-state index < -0.39 is 0 Å². The fourth-order valence-electron chi connectivity index (χ4n) is 1.94. The van der Waals surface area contributed by atoms with Gasteiger partial charge in [-0.2, -0.15) is 0 Å². The Morgan fingerprint density at radius 1 is 1.05 bits per heavy atom. The van der Waals surface area contributed by atoms with Crippen molar-refractivity contribution in [3.8, 4) is 0 Å². The van der Waals surface area contributed by atoms with Gasteiger partial charge in [0, 0.05) is 24.7 Å². The summed E-state index contributed by atoms with van der Waals surface area (Å²) >= 11 is 10.3. The van der Waals surface area contributed by atoms with E-state index in [9.17, 15) is 4.79 Å². The Hall–Kier alpha value is -0.850. The normalized spacial score (nSPS) is 10.5. The molecule has 0 fully saturated rings. The van der Waals surface area contributed by atoms with Gasteiger partial charge in [0.25, 0.3) is 5.91 Å². The van der Waals surface area contributed by atoms with Crippen LogP contribution >= 0.6 is 47.8 Å². The Kier molecular flexibility index (Phi) is 5.11. The molecule has 2 rings (SSSR count). The average molecular weight is 477 g/mol. The molecule has 1 amide bonds. The lowest BCUT2D eigenvalue weighted by atomic mass is 10.1. The number of carbonyl (C=O) groups is 1. The van der Waals surface area contributed by atoms with Gasteiger partial charge in [0.2, 0.25) is 0 Å². The predicted molar refractivity (Wildman–Crippen MR) is 97.8 cm³/mol. The molecule has 3 N–H and O–H groups in total. The minimum atomic E-state index is -0.203. The molecule has 0 heterocycles. The van der Waals surface area contributed by atoms with Gasteiger partial charge in [-0.1, -0.05) is 15.9 Å². The van der Waals surface area contributed by atoms with Crippen molar-refractivity contribution < 1.29 is 4.79 Å². The van der Waals surface area contributed by atoms with Crippen LogP contribution in [0.2, 0.25) is 0 Å². The lowest BCUT2D eigenvalue weighted by Gasteiger charge is -2.13. The van der Waals surface area contributed by atoms with Crippen LogP contribution in [-0.2, 0) is 0 Å². The number of aryl methyl sites for hydroxylation is 1. The molecule has 0 aliphatic rings. The molecular weight excluding hydrogens is 464 g/mol. The van der Waals surface area contributed by atoms with Gasteiger partial charge in [0.05, 0.1) is 5.69 Å². The SMILES string of the molecule is Cc1cc(Br)c(NC(=O)c2cc(Br)cc(N)c2C)c(Br)c1. The monoisotopic (exact) mass is 474 g/mol. The molecule has 6 heteroatoms. The third-order valence-electron chi connectivity index (χ3n) is 3.08. The zero-order chi connectivity index (χ0) is 15.7. The molecule has 0 saturated heterocycles. The van der Waals surface area contributed by atoms with Gasteiger partial charge >= 0.3 is 0 Å². The first-order chi connectivity index (χ1) is 9.79. The fraction of sp³-hybridized carbons (Fsp3) is 0.133. The first-order valence-corrected chi connectivity index (χ1v) is 8.50. The zero-order valence-electron chi connectivity index (χ0n) is 11.4. The number of hydrogen-bond donors (Lipinski definition) is 2. The number of carbonyl (C=O) groups excluding carboxylic acids is 1. The van der Waals surface area contributed by atoms with Crippen molar-refractivity contribution in [1.29, 1.82) is 0 Å². The fourth-order valence-corrected chi connectivity index (χ4v) is 4.03. The topological polar surface area (TPSA) is 55.1 Å². The van der Waals surface area contributed by atoms with E-state index in [0.717, 1.165) is 24.5 Å². The maximum Gasteiger partial charge on any atom is 0.256 e. The van der Waals surface area contributed by atoms with Gasteiger partial charge in [-0.15, -0.1) is 0 Å². The van der Waals surface area contributed by atoms with E-state index in [1.807, 2.05) is 26.0 Å².